The number of nitrogens with zero attached hydrogens (tertiary/aromatic N) is 3. The Balaban J connectivity index is 2.23. The molecule has 0 radical (unpaired) electrons. The standard InChI is InChI=1S/C10H17N3O2/c1-2-3-4-5-6-8-12-9-7-10(11-12)13(14)15/h7,9H,2-6,8H2,1H3. The maximum atomic E-state index is 10.4. The fraction of sp³-hybridized carbons (Fsp3) is 0.700. The minimum Gasteiger partial charge on any atom is -0.358 e. The van der Waals surface area contributed by atoms with Crippen LogP contribution in [0.15, 0.2) is 12.3 Å². The molecule has 0 atom stereocenters. The molecule has 0 aliphatic rings. The second-order valence-electron chi connectivity index (χ2n) is 3.61. The van der Waals surface area contributed by atoms with E-state index in [1.165, 1.54) is 31.7 Å². The number of rotatable bonds is 7. The van der Waals surface area contributed by atoms with Crippen LogP contribution in [0.25, 0.3) is 0 Å². The summed E-state index contributed by atoms with van der Waals surface area (Å²) in [4.78, 5) is 9.89. The van der Waals surface area contributed by atoms with Crippen LogP contribution in [0.5, 0.6) is 0 Å². The highest BCUT2D eigenvalue weighted by molar-refractivity contribution is 5.13. The number of aromatic nitrogens is 2. The van der Waals surface area contributed by atoms with E-state index >= 15 is 0 Å². The maximum absolute atomic E-state index is 10.4. The highest BCUT2D eigenvalue weighted by Gasteiger charge is 2.09. The Kier molecular flexibility index (Phi) is 4.80. The third kappa shape index (κ3) is 4.10. The molecule has 0 amide bonds. The fourth-order valence-corrected chi connectivity index (χ4v) is 1.45. The second kappa shape index (κ2) is 6.16. The maximum Gasteiger partial charge on any atom is 0.389 e. The van der Waals surface area contributed by atoms with E-state index < -0.39 is 4.92 Å². The van der Waals surface area contributed by atoms with E-state index in [9.17, 15) is 10.1 Å². The summed E-state index contributed by atoms with van der Waals surface area (Å²) in [6.45, 7) is 2.95. The van der Waals surface area contributed by atoms with E-state index in [2.05, 4.69) is 12.0 Å². The average Bonchev–Trinajstić information content (AvgIpc) is 2.66. The van der Waals surface area contributed by atoms with Crippen molar-refractivity contribution in [3.63, 3.8) is 0 Å². The molecule has 1 heterocycles. The van der Waals surface area contributed by atoms with E-state index in [1.807, 2.05) is 0 Å². The summed E-state index contributed by atoms with van der Waals surface area (Å²) in [6.07, 6.45) is 7.60. The van der Waals surface area contributed by atoms with Crippen LogP contribution in [0.1, 0.15) is 39.0 Å². The van der Waals surface area contributed by atoms with Crippen molar-refractivity contribution >= 4 is 5.82 Å². The topological polar surface area (TPSA) is 61.0 Å². The van der Waals surface area contributed by atoms with Crippen LogP contribution in [-0.4, -0.2) is 14.7 Å². The Hall–Kier alpha value is -1.39. The first-order valence-corrected chi connectivity index (χ1v) is 5.42. The summed E-state index contributed by atoms with van der Waals surface area (Å²) < 4.78 is 1.64. The average molecular weight is 211 g/mol. The molecule has 1 aromatic rings. The number of unbranched alkanes of at least 4 members (excludes halogenated alkanes) is 4. The second-order valence-corrected chi connectivity index (χ2v) is 3.61. The normalized spacial score (nSPS) is 10.5. The summed E-state index contributed by atoms with van der Waals surface area (Å²) in [5.41, 5.74) is 0. The number of hydrogen-bond donors (Lipinski definition) is 0. The molecule has 0 spiro atoms. The first kappa shape index (κ1) is 11.7. The van der Waals surface area contributed by atoms with Crippen LogP contribution in [0, 0.1) is 10.1 Å². The molecule has 1 aromatic heterocycles. The Bertz CT molecular complexity index is 309. The lowest BCUT2D eigenvalue weighted by molar-refractivity contribution is -0.389. The number of aryl methyl sites for hydroxylation is 1. The van der Waals surface area contributed by atoms with Gasteiger partial charge in [0.2, 0.25) is 0 Å². The molecular weight excluding hydrogens is 194 g/mol. The first-order valence-electron chi connectivity index (χ1n) is 5.42. The summed E-state index contributed by atoms with van der Waals surface area (Å²) in [5.74, 6) is -0.0661. The molecular formula is C10H17N3O2. The van der Waals surface area contributed by atoms with Crippen molar-refractivity contribution in [3.05, 3.63) is 22.4 Å². The van der Waals surface area contributed by atoms with Crippen molar-refractivity contribution in [2.45, 2.75) is 45.6 Å². The lowest BCUT2D eigenvalue weighted by atomic mass is 10.1. The van der Waals surface area contributed by atoms with Gasteiger partial charge in [0.1, 0.15) is 0 Å². The molecule has 0 saturated heterocycles. The minimum absolute atomic E-state index is 0.0661. The Morgan fingerprint density at radius 1 is 1.40 bits per heavy atom. The molecule has 5 heteroatoms. The van der Waals surface area contributed by atoms with Crippen molar-refractivity contribution in [2.75, 3.05) is 0 Å². The Morgan fingerprint density at radius 2 is 2.13 bits per heavy atom. The van der Waals surface area contributed by atoms with Crippen molar-refractivity contribution in [1.82, 2.24) is 9.78 Å². The highest BCUT2D eigenvalue weighted by Crippen LogP contribution is 2.08. The van der Waals surface area contributed by atoms with E-state index in [0.29, 0.717) is 0 Å². The number of hydrogen-bond acceptors (Lipinski definition) is 3. The van der Waals surface area contributed by atoms with E-state index in [-0.39, 0.29) is 5.82 Å². The predicted octanol–water partition coefficient (Wildman–Crippen LogP) is 2.76. The summed E-state index contributed by atoms with van der Waals surface area (Å²) in [5, 5.41) is 14.2. The SMILES string of the molecule is CCCCCCCn1ccc([N+](=O)[O-])n1. The van der Waals surface area contributed by atoms with Crippen LogP contribution < -0.4 is 0 Å². The molecule has 15 heavy (non-hydrogen) atoms. The van der Waals surface area contributed by atoms with Gasteiger partial charge in [-0.3, -0.25) is 0 Å². The zero-order valence-electron chi connectivity index (χ0n) is 9.06. The summed E-state index contributed by atoms with van der Waals surface area (Å²) in [7, 11) is 0. The third-order valence-electron chi connectivity index (χ3n) is 2.30. The van der Waals surface area contributed by atoms with Crippen molar-refractivity contribution in [1.29, 1.82) is 0 Å². The van der Waals surface area contributed by atoms with Crippen molar-refractivity contribution < 1.29 is 4.92 Å². The van der Waals surface area contributed by atoms with Crippen LogP contribution in [0.4, 0.5) is 5.82 Å². The molecule has 0 aliphatic heterocycles. The monoisotopic (exact) mass is 211 g/mol. The lowest BCUT2D eigenvalue weighted by Gasteiger charge is -1.97. The zero-order valence-corrected chi connectivity index (χ0v) is 9.06. The Labute approximate surface area is 89.2 Å². The summed E-state index contributed by atoms with van der Waals surface area (Å²) in [6, 6.07) is 1.44. The van der Waals surface area contributed by atoms with Crippen molar-refractivity contribution in [3.8, 4) is 0 Å². The Morgan fingerprint density at radius 3 is 2.73 bits per heavy atom. The van der Waals surface area contributed by atoms with E-state index in [4.69, 9.17) is 0 Å². The van der Waals surface area contributed by atoms with Gasteiger partial charge in [-0.1, -0.05) is 32.6 Å². The quantitative estimate of drug-likeness (QED) is 0.396. The fourth-order valence-electron chi connectivity index (χ4n) is 1.45. The predicted molar refractivity (Wildman–Crippen MR) is 57.6 cm³/mol. The molecule has 84 valence electrons. The molecule has 0 aromatic carbocycles. The summed E-state index contributed by atoms with van der Waals surface area (Å²) >= 11 is 0. The van der Waals surface area contributed by atoms with E-state index in [0.717, 1.165) is 13.0 Å². The van der Waals surface area contributed by atoms with E-state index in [1.54, 1.807) is 10.9 Å². The van der Waals surface area contributed by atoms with Gasteiger partial charge in [-0.2, -0.15) is 4.68 Å². The third-order valence-corrected chi connectivity index (χ3v) is 2.30. The van der Waals surface area contributed by atoms with Crippen LogP contribution >= 0.6 is 0 Å². The first-order chi connectivity index (χ1) is 7.24. The molecule has 0 N–H and O–H groups in total. The van der Waals surface area contributed by atoms with Gasteiger partial charge in [0.05, 0.1) is 23.9 Å². The minimum atomic E-state index is -0.465. The van der Waals surface area contributed by atoms with Gasteiger partial charge in [-0.15, -0.1) is 0 Å². The molecule has 0 saturated carbocycles. The smallest absolute Gasteiger partial charge is 0.358 e. The van der Waals surface area contributed by atoms with Gasteiger partial charge in [0.25, 0.3) is 0 Å². The molecule has 0 unspecified atom stereocenters. The molecule has 5 nitrogen and oxygen atoms in total. The highest BCUT2D eigenvalue weighted by atomic mass is 16.6. The van der Waals surface area contributed by atoms with Crippen molar-refractivity contribution in [2.24, 2.45) is 0 Å². The van der Waals surface area contributed by atoms with Gasteiger partial charge in [-0.25, -0.2) is 0 Å². The van der Waals surface area contributed by atoms with Crippen LogP contribution in [0.2, 0.25) is 0 Å². The van der Waals surface area contributed by atoms with Gasteiger partial charge in [0.15, 0.2) is 0 Å². The molecule has 0 fully saturated rings. The van der Waals surface area contributed by atoms with Crippen LogP contribution in [-0.2, 0) is 6.54 Å². The largest absolute Gasteiger partial charge is 0.389 e. The van der Waals surface area contributed by atoms with Gasteiger partial charge < -0.3 is 10.1 Å². The number of nitro groups is 1. The molecule has 1 rings (SSSR count). The zero-order chi connectivity index (χ0) is 11.1. The van der Waals surface area contributed by atoms with Crippen LogP contribution in [0.3, 0.4) is 0 Å². The molecule has 0 aliphatic carbocycles. The van der Waals surface area contributed by atoms with Gasteiger partial charge in [0, 0.05) is 0 Å². The van der Waals surface area contributed by atoms with Gasteiger partial charge >= 0.3 is 5.82 Å². The van der Waals surface area contributed by atoms with Gasteiger partial charge in [-0.05, 0) is 11.3 Å². The molecule has 0 bridgehead atoms. The lowest BCUT2D eigenvalue weighted by Crippen LogP contribution is -1.99.